The maximum Gasteiger partial charge on any atom is 0.234 e. The highest BCUT2D eigenvalue weighted by Crippen LogP contribution is 2.39. The van der Waals surface area contributed by atoms with Gasteiger partial charge < -0.3 is 14.4 Å². The van der Waals surface area contributed by atoms with Crippen molar-refractivity contribution in [3.05, 3.63) is 29.8 Å². The topological polar surface area (TPSA) is 75.7 Å². The maximum absolute atomic E-state index is 12.0. The van der Waals surface area contributed by atoms with Crippen molar-refractivity contribution in [3.63, 3.8) is 0 Å². The number of ether oxygens (including phenoxy) is 1. The van der Waals surface area contributed by atoms with Gasteiger partial charge in [-0.3, -0.25) is 14.9 Å². The van der Waals surface area contributed by atoms with Crippen molar-refractivity contribution in [2.24, 2.45) is 5.92 Å². The maximum atomic E-state index is 12.0. The minimum Gasteiger partial charge on any atom is -0.374 e. The number of rotatable bonds is 3. The summed E-state index contributed by atoms with van der Waals surface area (Å²) >= 11 is 0. The fourth-order valence-corrected chi connectivity index (χ4v) is 4.42. The van der Waals surface area contributed by atoms with E-state index in [4.69, 9.17) is 4.74 Å². The predicted octanol–water partition coefficient (Wildman–Crippen LogP) is 1.78. The van der Waals surface area contributed by atoms with Crippen LogP contribution >= 0.6 is 0 Å². The molecular formula is C20H24N2O4. The van der Waals surface area contributed by atoms with Gasteiger partial charge in [0.15, 0.2) is 0 Å². The predicted molar refractivity (Wildman–Crippen MR) is 95.9 cm³/mol. The Labute approximate surface area is 152 Å². The Hall–Kier alpha value is -2.21. The number of carbonyl (C=O) groups excluding carboxylic acids is 3. The van der Waals surface area contributed by atoms with Crippen LogP contribution in [0.15, 0.2) is 24.3 Å². The molecule has 2 amide bonds. The number of anilines is 1. The van der Waals surface area contributed by atoms with Crippen molar-refractivity contribution in [1.29, 1.82) is 0 Å². The quantitative estimate of drug-likeness (QED) is 0.660. The molecule has 0 bridgehead atoms. The molecule has 2 unspecified atom stereocenters. The van der Waals surface area contributed by atoms with Crippen LogP contribution in [0, 0.1) is 5.92 Å². The van der Waals surface area contributed by atoms with E-state index in [9.17, 15) is 14.4 Å². The molecule has 1 aromatic carbocycles. The Balaban J connectivity index is 1.38. The lowest BCUT2D eigenvalue weighted by Gasteiger charge is -2.39. The number of hydrogen-bond donors (Lipinski definition) is 1. The lowest BCUT2D eigenvalue weighted by atomic mass is 9.85. The molecule has 3 heterocycles. The Bertz CT molecular complexity index is 707. The summed E-state index contributed by atoms with van der Waals surface area (Å²) in [6.07, 6.45) is 4.71. The normalized spacial score (nSPS) is 28.2. The number of nitrogens with zero attached hydrogens (tertiary/aromatic N) is 1. The van der Waals surface area contributed by atoms with Crippen molar-refractivity contribution in [1.82, 2.24) is 5.32 Å². The monoisotopic (exact) mass is 356 g/mol. The summed E-state index contributed by atoms with van der Waals surface area (Å²) in [5.74, 6) is -0.569. The summed E-state index contributed by atoms with van der Waals surface area (Å²) in [7, 11) is 0. The van der Waals surface area contributed by atoms with Crippen molar-refractivity contribution in [2.75, 3.05) is 24.6 Å². The van der Waals surface area contributed by atoms with Crippen LogP contribution in [0.3, 0.4) is 0 Å². The highest BCUT2D eigenvalue weighted by molar-refractivity contribution is 6.00. The first-order valence-corrected chi connectivity index (χ1v) is 9.36. The first kappa shape index (κ1) is 17.2. The molecule has 0 aromatic heterocycles. The lowest BCUT2D eigenvalue weighted by molar-refractivity contribution is -0.134. The number of nitrogens with one attached hydrogen (secondary N) is 1. The molecule has 1 aromatic rings. The van der Waals surface area contributed by atoms with Crippen molar-refractivity contribution in [2.45, 2.75) is 43.6 Å². The first-order valence-electron chi connectivity index (χ1n) is 9.36. The number of hydrogen-bond acceptors (Lipinski definition) is 5. The molecule has 1 N–H and O–H groups in total. The van der Waals surface area contributed by atoms with E-state index < -0.39 is 0 Å². The smallest absolute Gasteiger partial charge is 0.234 e. The molecule has 6 nitrogen and oxygen atoms in total. The number of amides is 2. The fourth-order valence-electron chi connectivity index (χ4n) is 4.42. The molecule has 26 heavy (non-hydrogen) atoms. The Kier molecular flexibility index (Phi) is 4.53. The van der Waals surface area contributed by atoms with E-state index in [-0.39, 0.29) is 29.3 Å². The van der Waals surface area contributed by atoms with Crippen LogP contribution in [-0.2, 0) is 19.1 Å². The highest BCUT2D eigenvalue weighted by Gasteiger charge is 2.42. The summed E-state index contributed by atoms with van der Waals surface area (Å²) in [6, 6.07) is 8.10. The molecule has 138 valence electrons. The molecule has 0 saturated carbocycles. The van der Waals surface area contributed by atoms with E-state index in [0.717, 1.165) is 49.9 Å². The van der Waals surface area contributed by atoms with Gasteiger partial charge in [0.25, 0.3) is 0 Å². The average Bonchev–Trinajstić information content (AvgIpc) is 3.06. The van der Waals surface area contributed by atoms with Crippen molar-refractivity contribution < 1.29 is 19.1 Å². The van der Waals surface area contributed by atoms with Gasteiger partial charge in [0.2, 0.25) is 11.8 Å². The fraction of sp³-hybridized carbons (Fsp3) is 0.550. The SMILES string of the molecule is O=CC1COC2(CCN(c3ccc(C4CCC(=O)NC4=O)cc3)CC2)C1. The lowest BCUT2D eigenvalue weighted by Crippen LogP contribution is -2.44. The van der Waals surface area contributed by atoms with E-state index in [1.54, 1.807) is 0 Å². The van der Waals surface area contributed by atoms with Gasteiger partial charge in [0.05, 0.1) is 18.1 Å². The van der Waals surface area contributed by atoms with Crippen LogP contribution in [0.1, 0.15) is 43.6 Å². The third-order valence-electron chi connectivity index (χ3n) is 6.00. The summed E-state index contributed by atoms with van der Waals surface area (Å²) in [4.78, 5) is 36.6. The highest BCUT2D eigenvalue weighted by atomic mass is 16.5. The molecule has 3 aliphatic rings. The molecule has 2 atom stereocenters. The number of benzene rings is 1. The molecule has 4 rings (SSSR count). The molecule has 1 spiro atoms. The molecular weight excluding hydrogens is 332 g/mol. The summed E-state index contributed by atoms with van der Waals surface area (Å²) < 4.78 is 5.96. The number of carbonyl (C=O) groups is 3. The van der Waals surface area contributed by atoms with Gasteiger partial charge in [-0.1, -0.05) is 12.1 Å². The molecule has 3 fully saturated rings. The van der Waals surface area contributed by atoms with Gasteiger partial charge in [0, 0.05) is 31.1 Å². The second-order valence-electron chi connectivity index (χ2n) is 7.68. The van der Waals surface area contributed by atoms with E-state index in [1.807, 2.05) is 12.1 Å². The summed E-state index contributed by atoms with van der Waals surface area (Å²) in [5.41, 5.74) is 1.98. The van der Waals surface area contributed by atoms with Crippen LogP contribution in [0.5, 0.6) is 0 Å². The van der Waals surface area contributed by atoms with Crippen LogP contribution in [0.25, 0.3) is 0 Å². The van der Waals surface area contributed by atoms with Crippen LogP contribution in [0.2, 0.25) is 0 Å². The van der Waals surface area contributed by atoms with Gasteiger partial charge in [-0.2, -0.15) is 0 Å². The van der Waals surface area contributed by atoms with Gasteiger partial charge >= 0.3 is 0 Å². The Morgan fingerprint density at radius 2 is 1.88 bits per heavy atom. The molecule has 0 radical (unpaired) electrons. The standard InChI is InChI=1S/C20H24N2O4/c23-12-14-11-20(26-13-14)7-9-22(10-8-20)16-3-1-15(2-4-16)17-5-6-18(24)21-19(17)25/h1-4,12,14,17H,5-11,13H2,(H,21,24,25). The Morgan fingerprint density at radius 3 is 2.50 bits per heavy atom. The third-order valence-corrected chi connectivity index (χ3v) is 6.00. The molecule has 3 aliphatic heterocycles. The van der Waals surface area contributed by atoms with Gasteiger partial charge in [-0.15, -0.1) is 0 Å². The average molecular weight is 356 g/mol. The minimum absolute atomic E-state index is 0.0503. The zero-order chi connectivity index (χ0) is 18.1. The third kappa shape index (κ3) is 3.26. The van der Waals surface area contributed by atoms with E-state index in [1.165, 1.54) is 0 Å². The van der Waals surface area contributed by atoms with E-state index in [0.29, 0.717) is 19.4 Å². The van der Waals surface area contributed by atoms with Gasteiger partial charge in [-0.05, 0) is 43.4 Å². The second kappa shape index (κ2) is 6.83. The Morgan fingerprint density at radius 1 is 1.15 bits per heavy atom. The second-order valence-corrected chi connectivity index (χ2v) is 7.68. The zero-order valence-electron chi connectivity index (χ0n) is 14.8. The first-order chi connectivity index (χ1) is 12.6. The molecule has 6 heteroatoms. The summed E-state index contributed by atoms with van der Waals surface area (Å²) in [6.45, 7) is 2.37. The molecule has 3 saturated heterocycles. The van der Waals surface area contributed by atoms with Crippen LogP contribution in [0.4, 0.5) is 5.69 Å². The zero-order valence-corrected chi connectivity index (χ0v) is 14.8. The van der Waals surface area contributed by atoms with Crippen molar-refractivity contribution >= 4 is 23.8 Å². The molecule has 0 aliphatic carbocycles. The van der Waals surface area contributed by atoms with E-state index >= 15 is 0 Å². The van der Waals surface area contributed by atoms with Gasteiger partial charge in [-0.25, -0.2) is 0 Å². The van der Waals surface area contributed by atoms with Gasteiger partial charge in [0.1, 0.15) is 6.29 Å². The van der Waals surface area contributed by atoms with Crippen molar-refractivity contribution in [3.8, 4) is 0 Å². The number of aldehydes is 1. The number of piperidine rings is 2. The summed E-state index contributed by atoms with van der Waals surface area (Å²) in [5, 5.41) is 2.41. The van der Waals surface area contributed by atoms with Crippen LogP contribution < -0.4 is 10.2 Å². The van der Waals surface area contributed by atoms with Crippen LogP contribution in [-0.4, -0.2) is 43.4 Å². The number of imide groups is 1. The largest absolute Gasteiger partial charge is 0.374 e. The minimum atomic E-state index is -0.237. The van der Waals surface area contributed by atoms with E-state index in [2.05, 4.69) is 22.3 Å².